The zero-order valence-corrected chi connectivity index (χ0v) is 16.9. The van der Waals surface area contributed by atoms with Crippen molar-refractivity contribution in [2.24, 2.45) is 34.5 Å². The van der Waals surface area contributed by atoms with Gasteiger partial charge in [0.1, 0.15) is 0 Å². The third-order valence-corrected chi connectivity index (χ3v) is 8.07. The Balaban J connectivity index is 1.85. The fourth-order valence-electron chi connectivity index (χ4n) is 6.63. The van der Waals surface area contributed by atoms with Crippen LogP contribution >= 0.6 is 0 Å². The number of hydrogen-bond acceptors (Lipinski definition) is 4. The summed E-state index contributed by atoms with van der Waals surface area (Å²) >= 11 is 0. The van der Waals surface area contributed by atoms with E-state index < -0.39 is 23.0 Å². The molecule has 0 N–H and O–H groups in total. The Morgan fingerprint density at radius 1 is 1.29 bits per heavy atom. The van der Waals surface area contributed by atoms with E-state index in [0.717, 1.165) is 12.0 Å². The minimum absolute atomic E-state index is 0.0272. The van der Waals surface area contributed by atoms with Crippen molar-refractivity contribution in [2.75, 3.05) is 0 Å². The third-order valence-electron chi connectivity index (χ3n) is 8.07. The predicted molar refractivity (Wildman–Crippen MR) is 102 cm³/mol. The van der Waals surface area contributed by atoms with Gasteiger partial charge in [0.25, 0.3) is 0 Å². The maximum Gasteiger partial charge on any atom is 0.308 e. The predicted octanol–water partition coefficient (Wildman–Crippen LogP) is 4.11. The van der Waals surface area contributed by atoms with Gasteiger partial charge in [-0.25, -0.2) is 4.39 Å². The zero-order valence-electron chi connectivity index (χ0n) is 16.9. The van der Waals surface area contributed by atoms with Crippen molar-refractivity contribution < 1.29 is 23.5 Å². The summed E-state index contributed by atoms with van der Waals surface area (Å²) in [5, 5.41) is 0. The monoisotopic (exact) mass is 386 g/mol. The van der Waals surface area contributed by atoms with Crippen LogP contribution in [-0.2, 0) is 19.1 Å². The van der Waals surface area contributed by atoms with Gasteiger partial charge in [-0.1, -0.05) is 33.4 Å². The number of alkyl halides is 1. The van der Waals surface area contributed by atoms with Crippen LogP contribution in [0.4, 0.5) is 4.39 Å². The molecule has 0 unspecified atom stereocenters. The maximum atomic E-state index is 14.4. The quantitative estimate of drug-likeness (QED) is 0.636. The lowest BCUT2D eigenvalue weighted by Gasteiger charge is -2.58. The molecule has 0 spiro atoms. The van der Waals surface area contributed by atoms with Crippen LogP contribution in [0.2, 0.25) is 0 Å². The first-order valence-corrected chi connectivity index (χ1v) is 10.1. The molecule has 0 aromatic rings. The fraction of sp³-hybridized carbons (Fsp3) is 0.609. The molecule has 4 aliphatic carbocycles. The van der Waals surface area contributed by atoms with Gasteiger partial charge in [-0.15, -0.1) is 0 Å². The van der Waals surface area contributed by atoms with Gasteiger partial charge in [-0.2, -0.15) is 0 Å². The molecular weight excluding hydrogens is 359 g/mol. The van der Waals surface area contributed by atoms with E-state index in [1.807, 2.05) is 19.9 Å². The summed E-state index contributed by atoms with van der Waals surface area (Å²) in [6.45, 7) is 11.6. The van der Waals surface area contributed by atoms with Gasteiger partial charge in [0.05, 0.1) is 0 Å². The number of carbonyl (C=O) groups excluding carboxylic acids is 3. The summed E-state index contributed by atoms with van der Waals surface area (Å²) in [5.41, 5.74) is 0.316. The molecule has 3 saturated carbocycles. The van der Waals surface area contributed by atoms with Crippen molar-refractivity contribution in [3.05, 3.63) is 35.6 Å². The average molecular weight is 386 g/mol. The van der Waals surface area contributed by atoms with Crippen molar-refractivity contribution in [3.63, 3.8) is 0 Å². The minimum Gasteiger partial charge on any atom is -0.422 e. The number of allylic oxidation sites excluding steroid dienone is 4. The first-order chi connectivity index (χ1) is 13.0. The Bertz CT molecular complexity index is 868. The van der Waals surface area contributed by atoms with Gasteiger partial charge in [0.15, 0.2) is 17.7 Å². The standard InChI is InChI=1S/C23H27FO4/c1-11-12(2)19-20(28-13(3)25)17(26)7-9-22(19,4)14-6-8-23(5)15(18(11)14)10-16(24)21(23)27/h7,9,11,14-16,18H,2,6,8,10H2,1,3-5H3/t11-,14+,15+,16+,18-,22-,23+/m1/s1. The number of esters is 1. The van der Waals surface area contributed by atoms with Crippen molar-refractivity contribution in [3.8, 4) is 0 Å². The molecule has 7 atom stereocenters. The third kappa shape index (κ3) is 2.31. The van der Waals surface area contributed by atoms with Gasteiger partial charge >= 0.3 is 5.97 Å². The Labute approximate surface area is 164 Å². The van der Waals surface area contributed by atoms with E-state index >= 15 is 0 Å². The number of halogens is 1. The fourth-order valence-corrected chi connectivity index (χ4v) is 6.63. The highest BCUT2D eigenvalue weighted by Gasteiger charge is 2.64. The van der Waals surface area contributed by atoms with Crippen LogP contribution < -0.4 is 0 Å². The number of rotatable bonds is 1. The van der Waals surface area contributed by atoms with Crippen LogP contribution in [-0.4, -0.2) is 23.7 Å². The molecule has 0 heterocycles. The largest absolute Gasteiger partial charge is 0.422 e. The van der Waals surface area contributed by atoms with Gasteiger partial charge in [-0.3, -0.25) is 14.4 Å². The van der Waals surface area contributed by atoms with Gasteiger partial charge in [0.2, 0.25) is 5.78 Å². The number of carbonyl (C=O) groups is 3. The van der Waals surface area contributed by atoms with E-state index in [1.165, 1.54) is 13.0 Å². The van der Waals surface area contributed by atoms with Crippen molar-refractivity contribution in [1.29, 1.82) is 0 Å². The van der Waals surface area contributed by atoms with Crippen LogP contribution in [0.1, 0.15) is 47.0 Å². The van der Waals surface area contributed by atoms with Gasteiger partial charge < -0.3 is 4.74 Å². The summed E-state index contributed by atoms with van der Waals surface area (Å²) in [7, 11) is 0. The molecule has 0 bridgehead atoms. The molecule has 0 saturated heterocycles. The Hall–Kier alpha value is -2.04. The number of ether oxygens (including phenoxy) is 1. The van der Waals surface area contributed by atoms with Crippen LogP contribution in [0, 0.1) is 34.5 Å². The van der Waals surface area contributed by atoms with Gasteiger partial charge in [0, 0.05) is 23.3 Å². The highest BCUT2D eigenvalue weighted by molar-refractivity contribution is 6.06. The molecule has 0 aromatic carbocycles. The molecule has 4 nitrogen and oxygen atoms in total. The molecule has 28 heavy (non-hydrogen) atoms. The molecule has 150 valence electrons. The number of Topliss-reactive ketones (excluding diaryl/α,β-unsaturated/α-hetero) is 1. The topological polar surface area (TPSA) is 60.4 Å². The van der Waals surface area contributed by atoms with E-state index in [9.17, 15) is 18.8 Å². The first-order valence-electron chi connectivity index (χ1n) is 10.1. The molecule has 4 aliphatic rings. The number of fused-ring (bicyclic) bond motifs is 5. The summed E-state index contributed by atoms with van der Waals surface area (Å²) in [6.07, 6.45) is 3.67. The summed E-state index contributed by atoms with van der Waals surface area (Å²) in [6, 6.07) is 0. The lowest BCUT2D eigenvalue weighted by molar-refractivity contribution is -0.140. The molecule has 0 amide bonds. The highest BCUT2D eigenvalue weighted by atomic mass is 19.1. The SMILES string of the molecule is C=C1C2=C(OC(C)=O)C(=O)C=C[C@]2(C)[C@H]2CC[C@]3(C)C(=O)[C@@H](F)C[C@H]3[C@@H]2[C@@H]1C. The maximum absolute atomic E-state index is 14.4. The normalized spacial score (nSPS) is 44.9. The molecule has 5 heteroatoms. The van der Waals surface area contributed by atoms with Crippen molar-refractivity contribution in [2.45, 2.75) is 53.1 Å². The Kier molecular flexibility index (Phi) is 4.12. The first kappa shape index (κ1) is 19.3. The van der Waals surface area contributed by atoms with Gasteiger partial charge in [-0.05, 0) is 54.6 Å². The molecule has 3 fully saturated rings. The lowest BCUT2D eigenvalue weighted by atomic mass is 9.45. The zero-order chi connectivity index (χ0) is 20.6. The van der Waals surface area contributed by atoms with E-state index in [1.54, 1.807) is 0 Å². The summed E-state index contributed by atoms with van der Waals surface area (Å²) < 4.78 is 19.8. The van der Waals surface area contributed by atoms with E-state index in [-0.39, 0.29) is 47.4 Å². The molecule has 0 aliphatic heterocycles. The lowest BCUT2D eigenvalue weighted by Crippen LogP contribution is -2.53. The van der Waals surface area contributed by atoms with Crippen molar-refractivity contribution in [1.82, 2.24) is 0 Å². The van der Waals surface area contributed by atoms with E-state index in [2.05, 4.69) is 13.5 Å². The van der Waals surface area contributed by atoms with Crippen LogP contribution in [0.3, 0.4) is 0 Å². The molecular formula is C23H27FO4. The second-order valence-corrected chi connectivity index (χ2v) is 9.41. The van der Waals surface area contributed by atoms with Crippen LogP contribution in [0.25, 0.3) is 0 Å². The van der Waals surface area contributed by atoms with Crippen LogP contribution in [0.15, 0.2) is 35.6 Å². The number of ketones is 2. The second-order valence-electron chi connectivity index (χ2n) is 9.41. The number of hydrogen-bond donors (Lipinski definition) is 0. The minimum atomic E-state index is -1.39. The molecule has 4 rings (SSSR count). The van der Waals surface area contributed by atoms with E-state index in [4.69, 9.17) is 4.74 Å². The molecule has 0 aromatic heterocycles. The highest BCUT2D eigenvalue weighted by Crippen LogP contribution is 2.66. The Morgan fingerprint density at radius 2 is 1.96 bits per heavy atom. The second kappa shape index (κ2) is 5.98. The van der Waals surface area contributed by atoms with Crippen molar-refractivity contribution >= 4 is 17.5 Å². The summed E-state index contributed by atoms with van der Waals surface area (Å²) in [4.78, 5) is 36.7. The van der Waals surface area contributed by atoms with Crippen LogP contribution in [0.5, 0.6) is 0 Å². The smallest absolute Gasteiger partial charge is 0.308 e. The Morgan fingerprint density at radius 3 is 2.61 bits per heavy atom. The average Bonchev–Trinajstić information content (AvgIpc) is 2.85. The molecule has 0 radical (unpaired) electrons. The van der Waals surface area contributed by atoms with E-state index in [0.29, 0.717) is 12.0 Å². The summed E-state index contributed by atoms with van der Waals surface area (Å²) in [5.74, 6) is -0.871.